The number of primary amides is 1. The molecular weight excluding hydrogens is 365 g/mol. The Morgan fingerprint density at radius 3 is 2.67 bits per heavy atom. The minimum atomic E-state index is -4.76. The molecule has 2 aromatic rings. The minimum absolute atomic E-state index is 0.0324. The van der Waals surface area contributed by atoms with Gasteiger partial charge in [-0.1, -0.05) is 6.92 Å². The Morgan fingerprint density at radius 1 is 1.37 bits per heavy atom. The second-order valence-corrected chi connectivity index (χ2v) is 6.34. The highest BCUT2D eigenvalue weighted by Crippen LogP contribution is 2.29. The van der Waals surface area contributed by atoms with Crippen LogP contribution in [0.4, 0.5) is 24.7 Å². The van der Waals surface area contributed by atoms with E-state index >= 15 is 0 Å². The van der Waals surface area contributed by atoms with Gasteiger partial charge in [0, 0.05) is 18.5 Å². The lowest BCUT2D eigenvalue weighted by Gasteiger charge is -2.28. The van der Waals surface area contributed by atoms with Crippen LogP contribution in [-0.2, 0) is 4.74 Å². The largest absolute Gasteiger partial charge is 0.573 e. The lowest BCUT2D eigenvalue weighted by molar-refractivity contribution is -0.274. The number of nitrogens with two attached hydrogens (primary N) is 1. The summed E-state index contributed by atoms with van der Waals surface area (Å²) in [7, 11) is 0. The van der Waals surface area contributed by atoms with Crippen LogP contribution in [0.2, 0.25) is 0 Å². The molecule has 1 fully saturated rings. The number of anilines is 2. The standard InChI is InChI=1S/C17H19F3N4O3/c1-10-6-7-26-9-14(10)24-8-13(15(21)25)16(23-24)22-11-2-4-12(5-3-11)27-17(18,19)20/h2-5,8,10,14H,6-7,9H2,1H3,(H2,21,25)(H,22,23)/t10-,14-/m0/s1. The van der Waals surface area contributed by atoms with Gasteiger partial charge in [0.05, 0.1) is 12.6 Å². The zero-order valence-corrected chi connectivity index (χ0v) is 14.5. The molecule has 0 radical (unpaired) electrons. The first-order valence-corrected chi connectivity index (χ1v) is 8.32. The maximum Gasteiger partial charge on any atom is 0.573 e. The zero-order chi connectivity index (χ0) is 19.6. The maximum absolute atomic E-state index is 12.2. The third-order valence-corrected chi connectivity index (χ3v) is 4.35. The summed E-state index contributed by atoms with van der Waals surface area (Å²) in [5.74, 6) is -0.470. The number of benzene rings is 1. The van der Waals surface area contributed by atoms with Crippen molar-refractivity contribution in [3.63, 3.8) is 0 Å². The van der Waals surface area contributed by atoms with E-state index in [4.69, 9.17) is 10.5 Å². The van der Waals surface area contributed by atoms with E-state index in [9.17, 15) is 18.0 Å². The lowest BCUT2D eigenvalue weighted by Crippen LogP contribution is -2.28. The molecular formula is C17H19F3N4O3. The van der Waals surface area contributed by atoms with Crippen molar-refractivity contribution in [2.24, 2.45) is 11.7 Å². The normalized spacial score (nSPS) is 20.3. The van der Waals surface area contributed by atoms with Crippen molar-refractivity contribution < 1.29 is 27.4 Å². The Bertz CT molecular complexity index is 805. The van der Waals surface area contributed by atoms with E-state index in [-0.39, 0.29) is 23.2 Å². The van der Waals surface area contributed by atoms with E-state index in [0.717, 1.165) is 18.6 Å². The van der Waals surface area contributed by atoms with Crippen LogP contribution in [-0.4, -0.2) is 35.3 Å². The molecule has 7 nitrogen and oxygen atoms in total. The summed E-state index contributed by atoms with van der Waals surface area (Å²) in [6.07, 6.45) is -2.33. The summed E-state index contributed by atoms with van der Waals surface area (Å²) in [6.45, 7) is 3.23. The number of nitrogens with one attached hydrogen (secondary N) is 1. The van der Waals surface area contributed by atoms with Crippen molar-refractivity contribution >= 4 is 17.4 Å². The second kappa shape index (κ2) is 7.47. The molecule has 1 amide bonds. The fourth-order valence-corrected chi connectivity index (χ4v) is 2.88. The molecule has 2 atom stereocenters. The number of nitrogens with zero attached hydrogens (tertiary/aromatic N) is 2. The van der Waals surface area contributed by atoms with Crippen LogP contribution >= 0.6 is 0 Å². The van der Waals surface area contributed by atoms with E-state index in [1.165, 1.54) is 12.1 Å². The topological polar surface area (TPSA) is 91.4 Å². The molecule has 1 aliphatic heterocycles. The van der Waals surface area contributed by atoms with E-state index in [1.807, 2.05) is 0 Å². The molecule has 146 valence electrons. The van der Waals surface area contributed by atoms with Gasteiger partial charge in [0.1, 0.15) is 11.3 Å². The van der Waals surface area contributed by atoms with Crippen LogP contribution in [0.25, 0.3) is 0 Å². The summed E-state index contributed by atoms with van der Waals surface area (Å²) < 4.78 is 47.6. The summed E-state index contributed by atoms with van der Waals surface area (Å²) in [4.78, 5) is 11.8. The highest BCUT2D eigenvalue weighted by molar-refractivity contribution is 5.98. The molecule has 1 saturated heterocycles. The van der Waals surface area contributed by atoms with Crippen LogP contribution in [0, 0.1) is 5.92 Å². The van der Waals surface area contributed by atoms with Crippen molar-refractivity contribution in [1.29, 1.82) is 0 Å². The Hall–Kier alpha value is -2.75. The number of amides is 1. The number of hydrogen-bond acceptors (Lipinski definition) is 5. The number of rotatable bonds is 5. The summed E-state index contributed by atoms with van der Waals surface area (Å²) in [6, 6.07) is 5.06. The number of hydrogen-bond donors (Lipinski definition) is 2. The van der Waals surface area contributed by atoms with Crippen molar-refractivity contribution in [3.05, 3.63) is 36.0 Å². The van der Waals surface area contributed by atoms with Gasteiger partial charge in [-0.3, -0.25) is 9.48 Å². The molecule has 2 heterocycles. The van der Waals surface area contributed by atoms with Gasteiger partial charge >= 0.3 is 6.36 Å². The van der Waals surface area contributed by atoms with Gasteiger partial charge in [-0.25, -0.2) is 0 Å². The summed E-state index contributed by atoms with van der Waals surface area (Å²) in [5.41, 5.74) is 6.05. The fourth-order valence-electron chi connectivity index (χ4n) is 2.88. The molecule has 1 aromatic carbocycles. The van der Waals surface area contributed by atoms with Crippen molar-refractivity contribution in [2.75, 3.05) is 18.5 Å². The SMILES string of the molecule is C[C@H]1CCOC[C@@H]1n1cc(C(N)=O)c(Nc2ccc(OC(F)(F)F)cc2)n1. The van der Waals surface area contributed by atoms with E-state index in [0.29, 0.717) is 24.8 Å². The van der Waals surface area contributed by atoms with Gasteiger partial charge in [-0.2, -0.15) is 5.10 Å². The third-order valence-electron chi connectivity index (χ3n) is 4.35. The summed E-state index contributed by atoms with van der Waals surface area (Å²) >= 11 is 0. The number of carbonyl (C=O) groups is 1. The minimum Gasteiger partial charge on any atom is -0.406 e. The van der Waals surface area contributed by atoms with Crippen LogP contribution in [0.3, 0.4) is 0 Å². The highest BCUT2D eigenvalue weighted by atomic mass is 19.4. The van der Waals surface area contributed by atoms with Crippen molar-refractivity contribution in [3.8, 4) is 5.75 Å². The number of carbonyl (C=O) groups excluding carboxylic acids is 1. The molecule has 0 bridgehead atoms. The Kier molecular flexibility index (Phi) is 5.26. The van der Waals surface area contributed by atoms with Crippen molar-refractivity contribution in [1.82, 2.24) is 9.78 Å². The fraction of sp³-hybridized carbons (Fsp3) is 0.412. The van der Waals surface area contributed by atoms with Gasteiger partial charge in [0.2, 0.25) is 0 Å². The third kappa shape index (κ3) is 4.70. The lowest BCUT2D eigenvalue weighted by atomic mass is 9.97. The molecule has 0 unspecified atom stereocenters. The molecule has 0 saturated carbocycles. The van der Waals surface area contributed by atoms with E-state index in [1.54, 1.807) is 10.9 Å². The number of ether oxygens (including phenoxy) is 2. The first-order valence-electron chi connectivity index (χ1n) is 8.32. The maximum atomic E-state index is 12.2. The van der Waals surface area contributed by atoms with Gasteiger partial charge < -0.3 is 20.5 Å². The molecule has 27 heavy (non-hydrogen) atoms. The summed E-state index contributed by atoms with van der Waals surface area (Å²) in [5, 5.41) is 7.30. The number of aromatic nitrogens is 2. The molecule has 3 rings (SSSR count). The number of alkyl halides is 3. The molecule has 0 aliphatic carbocycles. The molecule has 1 aliphatic rings. The number of halogens is 3. The Labute approximate surface area is 153 Å². The van der Waals surface area contributed by atoms with Crippen LogP contribution in [0.1, 0.15) is 29.7 Å². The zero-order valence-electron chi connectivity index (χ0n) is 14.5. The predicted molar refractivity (Wildman–Crippen MR) is 90.8 cm³/mol. The van der Waals surface area contributed by atoms with Crippen LogP contribution in [0.5, 0.6) is 5.75 Å². The van der Waals surface area contributed by atoms with Gasteiger partial charge in [-0.15, -0.1) is 13.2 Å². The molecule has 3 N–H and O–H groups in total. The second-order valence-electron chi connectivity index (χ2n) is 6.34. The van der Waals surface area contributed by atoms with Gasteiger partial charge in [0.15, 0.2) is 5.82 Å². The molecule has 1 aromatic heterocycles. The van der Waals surface area contributed by atoms with E-state index < -0.39 is 12.3 Å². The van der Waals surface area contributed by atoms with Crippen molar-refractivity contribution in [2.45, 2.75) is 25.7 Å². The Balaban J connectivity index is 1.80. The molecule has 10 heteroatoms. The first kappa shape index (κ1) is 19.0. The first-order chi connectivity index (χ1) is 12.7. The van der Waals surface area contributed by atoms with Gasteiger partial charge in [0.25, 0.3) is 5.91 Å². The quantitative estimate of drug-likeness (QED) is 0.826. The molecule has 0 spiro atoms. The van der Waals surface area contributed by atoms with Crippen LogP contribution in [0.15, 0.2) is 30.5 Å². The smallest absolute Gasteiger partial charge is 0.406 e. The van der Waals surface area contributed by atoms with Crippen LogP contribution < -0.4 is 15.8 Å². The Morgan fingerprint density at radius 2 is 2.07 bits per heavy atom. The highest BCUT2D eigenvalue weighted by Gasteiger charge is 2.31. The van der Waals surface area contributed by atoms with E-state index in [2.05, 4.69) is 22.1 Å². The predicted octanol–water partition coefficient (Wildman–Crippen LogP) is 3.22. The average Bonchev–Trinajstić information content (AvgIpc) is 2.99. The van der Waals surface area contributed by atoms with Gasteiger partial charge in [-0.05, 0) is 36.6 Å². The average molecular weight is 384 g/mol. The monoisotopic (exact) mass is 384 g/mol.